The Balaban J connectivity index is 2.12. The lowest BCUT2D eigenvalue weighted by molar-refractivity contribution is -0.390. The third-order valence-corrected chi connectivity index (χ3v) is 5.78. The molecule has 1 saturated heterocycles. The second-order valence-electron chi connectivity index (χ2n) is 6.82. The predicted molar refractivity (Wildman–Crippen MR) is 94.7 cm³/mol. The number of sulfone groups is 1. The van der Waals surface area contributed by atoms with E-state index < -0.39 is 33.1 Å². The van der Waals surface area contributed by atoms with Gasteiger partial charge in [-0.3, -0.25) is 4.79 Å². The van der Waals surface area contributed by atoms with Crippen LogP contribution in [-0.4, -0.2) is 59.8 Å². The summed E-state index contributed by atoms with van der Waals surface area (Å²) in [6, 6.07) is 2.58. The zero-order valence-corrected chi connectivity index (χ0v) is 15.9. The second kappa shape index (κ2) is 7.98. The van der Waals surface area contributed by atoms with Crippen molar-refractivity contribution < 1.29 is 22.9 Å². The molecule has 1 unspecified atom stereocenters. The fourth-order valence-electron chi connectivity index (χ4n) is 2.87. The average Bonchev–Trinajstić information content (AvgIpc) is 2.90. The van der Waals surface area contributed by atoms with Crippen molar-refractivity contribution in [3.05, 3.63) is 27.9 Å². The van der Waals surface area contributed by atoms with Crippen molar-refractivity contribution in [2.24, 2.45) is 5.92 Å². The monoisotopic (exact) mass is 385 g/mol. The Morgan fingerprint density at radius 2 is 2.15 bits per heavy atom. The first-order valence-corrected chi connectivity index (χ1v) is 10.2. The standard InChI is InChI=1S/C16H23N3O6S/c1-11(2)8-18(13-6-7-26(23,24)10-13)15(20)9-25-14-5-4-12(3)17-16(14)19(21)22/h4-5,11,13H,6-10H2,1-3H3. The van der Waals surface area contributed by atoms with E-state index in [0.717, 1.165) is 0 Å². The minimum absolute atomic E-state index is 0.0578. The number of aromatic nitrogens is 1. The zero-order chi connectivity index (χ0) is 19.5. The van der Waals surface area contributed by atoms with Crippen LogP contribution in [0.15, 0.2) is 12.1 Å². The smallest absolute Gasteiger partial charge is 0.406 e. The van der Waals surface area contributed by atoms with Crippen molar-refractivity contribution in [1.29, 1.82) is 0 Å². The van der Waals surface area contributed by atoms with Gasteiger partial charge in [0, 0.05) is 19.5 Å². The van der Waals surface area contributed by atoms with Crippen molar-refractivity contribution >= 4 is 21.6 Å². The Kier molecular flexibility index (Phi) is 6.17. The topological polar surface area (TPSA) is 120 Å². The zero-order valence-electron chi connectivity index (χ0n) is 15.0. The van der Waals surface area contributed by atoms with Crippen LogP contribution in [-0.2, 0) is 14.6 Å². The van der Waals surface area contributed by atoms with Gasteiger partial charge in [-0.1, -0.05) is 13.8 Å². The quantitative estimate of drug-likeness (QED) is 0.513. The predicted octanol–water partition coefficient (Wildman–Crippen LogP) is 1.35. The van der Waals surface area contributed by atoms with E-state index in [9.17, 15) is 23.3 Å². The van der Waals surface area contributed by atoms with Gasteiger partial charge < -0.3 is 19.8 Å². The van der Waals surface area contributed by atoms with Crippen LogP contribution >= 0.6 is 0 Å². The Hall–Kier alpha value is -2.23. The van der Waals surface area contributed by atoms with E-state index in [-0.39, 0.29) is 29.2 Å². The van der Waals surface area contributed by atoms with Crippen LogP contribution in [0.5, 0.6) is 5.75 Å². The van der Waals surface area contributed by atoms with Gasteiger partial charge in [-0.15, -0.1) is 0 Å². The SMILES string of the molecule is Cc1ccc(OCC(=O)N(CC(C)C)C2CCS(=O)(=O)C2)c([N+](=O)[O-])n1. The lowest BCUT2D eigenvalue weighted by atomic mass is 10.1. The molecular formula is C16H23N3O6S. The number of ether oxygens (including phenoxy) is 1. The van der Waals surface area contributed by atoms with Crippen molar-refractivity contribution in [3.8, 4) is 5.75 Å². The van der Waals surface area contributed by atoms with Gasteiger partial charge in [0.2, 0.25) is 5.75 Å². The molecule has 144 valence electrons. The summed E-state index contributed by atoms with van der Waals surface area (Å²) in [6.07, 6.45) is 0.396. The van der Waals surface area contributed by atoms with Crippen molar-refractivity contribution in [3.63, 3.8) is 0 Å². The third-order valence-electron chi connectivity index (χ3n) is 4.03. The summed E-state index contributed by atoms with van der Waals surface area (Å²) in [6.45, 7) is 5.47. The van der Waals surface area contributed by atoms with Gasteiger partial charge in [0.1, 0.15) is 5.69 Å². The summed E-state index contributed by atoms with van der Waals surface area (Å²) >= 11 is 0. The molecular weight excluding hydrogens is 362 g/mol. The molecule has 2 heterocycles. The molecule has 26 heavy (non-hydrogen) atoms. The fraction of sp³-hybridized carbons (Fsp3) is 0.625. The first kappa shape index (κ1) is 20.1. The lowest BCUT2D eigenvalue weighted by Gasteiger charge is -2.29. The van der Waals surface area contributed by atoms with Gasteiger partial charge in [0.25, 0.3) is 5.91 Å². The fourth-order valence-corrected chi connectivity index (χ4v) is 4.60. The van der Waals surface area contributed by atoms with E-state index in [1.165, 1.54) is 11.0 Å². The molecule has 0 N–H and O–H groups in total. The molecule has 1 aromatic rings. The number of carbonyl (C=O) groups is 1. The molecule has 2 rings (SSSR count). The van der Waals surface area contributed by atoms with E-state index in [0.29, 0.717) is 18.7 Å². The van der Waals surface area contributed by atoms with Crippen LogP contribution in [0.4, 0.5) is 5.82 Å². The van der Waals surface area contributed by atoms with Gasteiger partial charge in [-0.25, -0.2) is 8.42 Å². The highest BCUT2D eigenvalue weighted by Gasteiger charge is 2.35. The molecule has 1 aliphatic rings. The number of hydrogen-bond acceptors (Lipinski definition) is 7. The Morgan fingerprint density at radius 1 is 1.46 bits per heavy atom. The van der Waals surface area contributed by atoms with Crippen LogP contribution in [0, 0.1) is 23.0 Å². The number of hydrogen-bond donors (Lipinski definition) is 0. The van der Waals surface area contributed by atoms with Gasteiger partial charge in [-0.05, 0) is 34.4 Å². The highest BCUT2D eigenvalue weighted by Crippen LogP contribution is 2.25. The van der Waals surface area contributed by atoms with Gasteiger partial charge in [0.15, 0.2) is 16.4 Å². The molecule has 1 fully saturated rings. The molecule has 0 aromatic carbocycles. The third kappa shape index (κ3) is 5.13. The van der Waals surface area contributed by atoms with E-state index in [4.69, 9.17) is 4.74 Å². The molecule has 0 bridgehead atoms. The number of nitro groups is 1. The molecule has 10 heteroatoms. The highest BCUT2D eigenvalue weighted by molar-refractivity contribution is 7.91. The Bertz CT molecular complexity index is 793. The summed E-state index contributed by atoms with van der Waals surface area (Å²) < 4.78 is 28.8. The highest BCUT2D eigenvalue weighted by atomic mass is 32.2. The second-order valence-corrected chi connectivity index (χ2v) is 9.05. The van der Waals surface area contributed by atoms with E-state index in [2.05, 4.69) is 4.98 Å². The van der Waals surface area contributed by atoms with E-state index in [1.54, 1.807) is 13.0 Å². The number of rotatable bonds is 7. The summed E-state index contributed by atoms with van der Waals surface area (Å²) in [5, 5.41) is 11.1. The summed E-state index contributed by atoms with van der Waals surface area (Å²) in [7, 11) is -3.13. The molecule has 0 radical (unpaired) electrons. The summed E-state index contributed by atoms with van der Waals surface area (Å²) in [5.41, 5.74) is 0.466. The number of amides is 1. The average molecular weight is 385 g/mol. The maximum Gasteiger partial charge on any atom is 0.406 e. The Labute approximate surface area is 152 Å². The number of aryl methyl sites for hydroxylation is 1. The molecule has 1 aromatic heterocycles. The number of carbonyl (C=O) groups excluding carboxylic acids is 1. The van der Waals surface area contributed by atoms with E-state index >= 15 is 0 Å². The van der Waals surface area contributed by atoms with Crippen molar-refractivity contribution in [2.45, 2.75) is 33.2 Å². The maximum atomic E-state index is 12.6. The molecule has 0 spiro atoms. The minimum atomic E-state index is -3.13. The van der Waals surface area contributed by atoms with Crippen LogP contribution in [0.3, 0.4) is 0 Å². The van der Waals surface area contributed by atoms with Crippen LogP contribution < -0.4 is 4.74 Å². The van der Waals surface area contributed by atoms with Gasteiger partial charge >= 0.3 is 5.82 Å². The number of pyridine rings is 1. The maximum absolute atomic E-state index is 12.6. The normalized spacial score (nSPS) is 18.7. The van der Waals surface area contributed by atoms with Crippen molar-refractivity contribution in [1.82, 2.24) is 9.88 Å². The van der Waals surface area contributed by atoms with Gasteiger partial charge in [0.05, 0.1) is 11.5 Å². The van der Waals surface area contributed by atoms with Crippen LogP contribution in [0.25, 0.3) is 0 Å². The molecule has 1 aliphatic heterocycles. The summed E-state index contributed by atoms with van der Waals surface area (Å²) in [5.74, 6) is -0.770. The lowest BCUT2D eigenvalue weighted by Crippen LogP contribution is -2.45. The molecule has 0 saturated carbocycles. The Morgan fingerprint density at radius 3 is 2.69 bits per heavy atom. The van der Waals surface area contributed by atoms with Crippen LogP contribution in [0.1, 0.15) is 26.0 Å². The molecule has 1 atom stereocenters. The molecule has 9 nitrogen and oxygen atoms in total. The first-order valence-electron chi connectivity index (χ1n) is 8.34. The largest absolute Gasteiger partial charge is 0.476 e. The minimum Gasteiger partial charge on any atom is -0.476 e. The van der Waals surface area contributed by atoms with Gasteiger partial charge in [-0.2, -0.15) is 0 Å². The molecule has 1 amide bonds. The van der Waals surface area contributed by atoms with Crippen molar-refractivity contribution in [2.75, 3.05) is 24.7 Å². The summed E-state index contributed by atoms with van der Waals surface area (Å²) in [4.78, 5) is 28.4. The number of nitrogens with zero attached hydrogens (tertiary/aromatic N) is 3. The van der Waals surface area contributed by atoms with Crippen LogP contribution in [0.2, 0.25) is 0 Å². The molecule has 0 aliphatic carbocycles. The first-order chi connectivity index (χ1) is 12.1. The van der Waals surface area contributed by atoms with E-state index in [1.807, 2.05) is 13.8 Å².